The lowest BCUT2D eigenvalue weighted by molar-refractivity contribution is -0.136. The number of hydrazone groups is 1. The number of nitrogens with zero attached hydrogens (tertiary/aromatic N) is 1. The minimum absolute atomic E-state index is 0.0835. The van der Waals surface area contributed by atoms with Crippen LogP contribution in [0.1, 0.15) is 18.1 Å². The van der Waals surface area contributed by atoms with Crippen LogP contribution in [-0.4, -0.2) is 5.71 Å². The lowest BCUT2D eigenvalue weighted by Crippen LogP contribution is -2.09. The Bertz CT molecular complexity index is 646. The van der Waals surface area contributed by atoms with E-state index in [0.29, 0.717) is 11.4 Å². The number of nitrogen functional groups attached to an aromatic ring is 1. The van der Waals surface area contributed by atoms with E-state index in [-0.39, 0.29) is 5.69 Å². The average molecular weight is 293 g/mol. The molecule has 6 heteroatoms. The van der Waals surface area contributed by atoms with Crippen molar-refractivity contribution in [1.82, 2.24) is 0 Å². The SMILES string of the molecule is C/C(=N/Nc1ccccc1C(F)(F)F)c1ccc(N)cc1. The monoisotopic (exact) mass is 293 g/mol. The van der Waals surface area contributed by atoms with Crippen molar-refractivity contribution in [2.24, 2.45) is 5.10 Å². The van der Waals surface area contributed by atoms with Gasteiger partial charge >= 0.3 is 6.18 Å². The number of anilines is 2. The number of rotatable bonds is 3. The highest BCUT2D eigenvalue weighted by atomic mass is 19.4. The molecule has 0 heterocycles. The van der Waals surface area contributed by atoms with Crippen molar-refractivity contribution in [3.05, 3.63) is 59.7 Å². The number of nitrogens with one attached hydrogen (secondary N) is 1. The molecule has 0 radical (unpaired) electrons. The Labute approximate surface area is 120 Å². The summed E-state index contributed by atoms with van der Waals surface area (Å²) < 4.78 is 38.5. The Morgan fingerprint density at radius 1 is 1.05 bits per heavy atom. The summed E-state index contributed by atoms with van der Waals surface area (Å²) in [6, 6.07) is 12.1. The Morgan fingerprint density at radius 3 is 2.29 bits per heavy atom. The van der Waals surface area contributed by atoms with Crippen LogP contribution < -0.4 is 11.2 Å². The molecule has 0 saturated heterocycles. The lowest BCUT2D eigenvalue weighted by Gasteiger charge is -2.12. The molecule has 0 aromatic heterocycles. The van der Waals surface area contributed by atoms with Crippen LogP contribution in [0, 0.1) is 0 Å². The van der Waals surface area contributed by atoms with E-state index in [2.05, 4.69) is 10.5 Å². The molecule has 0 atom stereocenters. The van der Waals surface area contributed by atoms with Crippen LogP contribution >= 0.6 is 0 Å². The van der Waals surface area contributed by atoms with Gasteiger partial charge in [0.2, 0.25) is 0 Å². The molecule has 21 heavy (non-hydrogen) atoms. The smallest absolute Gasteiger partial charge is 0.399 e. The first-order chi connectivity index (χ1) is 9.88. The molecule has 2 aromatic carbocycles. The standard InChI is InChI=1S/C15H14F3N3/c1-10(11-6-8-12(19)9-7-11)20-21-14-5-3-2-4-13(14)15(16,17)18/h2-9,21H,19H2,1H3/b20-10-. The van der Waals surface area contributed by atoms with Gasteiger partial charge in [-0.3, -0.25) is 5.43 Å². The van der Waals surface area contributed by atoms with Crippen LogP contribution in [0.4, 0.5) is 24.5 Å². The number of para-hydroxylation sites is 1. The molecule has 2 aromatic rings. The van der Waals surface area contributed by atoms with Crippen LogP contribution in [0.15, 0.2) is 53.6 Å². The number of alkyl halides is 3. The van der Waals surface area contributed by atoms with Gasteiger partial charge < -0.3 is 5.73 Å². The third-order valence-electron chi connectivity index (χ3n) is 2.90. The van der Waals surface area contributed by atoms with E-state index in [1.54, 1.807) is 31.2 Å². The number of benzene rings is 2. The molecule has 0 fully saturated rings. The maximum absolute atomic E-state index is 12.8. The molecule has 0 spiro atoms. The Balaban J connectivity index is 2.23. The Hall–Kier alpha value is -2.50. The zero-order valence-electron chi connectivity index (χ0n) is 11.3. The van der Waals surface area contributed by atoms with Gasteiger partial charge in [0.25, 0.3) is 0 Å². The first-order valence-corrected chi connectivity index (χ1v) is 6.20. The maximum atomic E-state index is 12.8. The second kappa shape index (κ2) is 5.87. The summed E-state index contributed by atoms with van der Waals surface area (Å²) in [4.78, 5) is 0. The number of hydrogen-bond donors (Lipinski definition) is 2. The van der Waals surface area contributed by atoms with Crippen molar-refractivity contribution >= 4 is 17.1 Å². The largest absolute Gasteiger partial charge is 0.418 e. The summed E-state index contributed by atoms with van der Waals surface area (Å²) in [6.07, 6.45) is -4.42. The van der Waals surface area contributed by atoms with Crippen molar-refractivity contribution in [3.63, 3.8) is 0 Å². The van der Waals surface area contributed by atoms with E-state index < -0.39 is 11.7 Å². The van der Waals surface area contributed by atoms with Gasteiger partial charge in [-0.05, 0) is 36.8 Å². The summed E-state index contributed by atoms with van der Waals surface area (Å²) in [5.74, 6) is 0. The van der Waals surface area contributed by atoms with E-state index in [0.717, 1.165) is 11.6 Å². The van der Waals surface area contributed by atoms with Gasteiger partial charge in [-0.15, -0.1) is 0 Å². The maximum Gasteiger partial charge on any atom is 0.418 e. The normalized spacial score (nSPS) is 12.3. The van der Waals surface area contributed by atoms with Crippen molar-refractivity contribution in [3.8, 4) is 0 Å². The van der Waals surface area contributed by atoms with Gasteiger partial charge in [0.1, 0.15) is 0 Å². The molecule has 0 aliphatic rings. The third kappa shape index (κ3) is 3.75. The summed E-state index contributed by atoms with van der Waals surface area (Å²) in [7, 11) is 0. The summed E-state index contributed by atoms with van der Waals surface area (Å²) in [5.41, 5.74) is 9.17. The molecule has 0 unspecified atom stereocenters. The highest BCUT2D eigenvalue weighted by Gasteiger charge is 2.33. The number of nitrogens with two attached hydrogens (primary N) is 1. The molecule has 0 aliphatic heterocycles. The lowest BCUT2D eigenvalue weighted by atomic mass is 10.1. The molecule has 0 aliphatic carbocycles. The predicted molar refractivity (Wildman–Crippen MR) is 78.1 cm³/mol. The summed E-state index contributed by atoms with van der Waals surface area (Å²) in [6.45, 7) is 1.70. The summed E-state index contributed by atoms with van der Waals surface area (Å²) in [5, 5.41) is 3.99. The average Bonchev–Trinajstić information content (AvgIpc) is 2.45. The second-order valence-corrected chi connectivity index (χ2v) is 4.47. The second-order valence-electron chi connectivity index (χ2n) is 4.47. The molecule has 0 saturated carbocycles. The predicted octanol–water partition coefficient (Wildman–Crippen LogP) is 4.12. The van der Waals surface area contributed by atoms with Crippen LogP contribution in [0.2, 0.25) is 0 Å². The fourth-order valence-corrected chi connectivity index (χ4v) is 1.76. The van der Waals surface area contributed by atoms with Gasteiger partial charge in [-0.1, -0.05) is 24.3 Å². The van der Waals surface area contributed by atoms with Gasteiger partial charge in [-0.2, -0.15) is 18.3 Å². The zero-order valence-corrected chi connectivity index (χ0v) is 11.3. The van der Waals surface area contributed by atoms with E-state index in [1.807, 2.05) is 0 Å². The molecule has 110 valence electrons. The molecular weight excluding hydrogens is 279 g/mol. The summed E-state index contributed by atoms with van der Waals surface area (Å²) >= 11 is 0. The highest BCUT2D eigenvalue weighted by molar-refractivity contribution is 5.99. The van der Waals surface area contributed by atoms with Gasteiger partial charge in [-0.25, -0.2) is 0 Å². The molecule has 3 nitrogen and oxygen atoms in total. The van der Waals surface area contributed by atoms with Crippen LogP contribution in [0.25, 0.3) is 0 Å². The van der Waals surface area contributed by atoms with Crippen molar-refractivity contribution in [2.45, 2.75) is 13.1 Å². The van der Waals surface area contributed by atoms with Crippen molar-refractivity contribution in [2.75, 3.05) is 11.2 Å². The van der Waals surface area contributed by atoms with Gasteiger partial charge in [0.05, 0.1) is 17.0 Å². The molecule has 0 amide bonds. The molecule has 2 rings (SSSR count). The highest BCUT2D eigenvalue weighted by Crippen LogP contribution is 2.34. The Morgan fingerprint density at radius 2 is 1.67 bits per heavy atom. The van der Waals surface area contributed by atoms with Crippen LogP contribution in [-0.2, 0) is 6.18 Å². The van der Waals surface area contributed by atoms with Gasteiger partial charge in [0, 0.05) is 5.69 Å². The fraction of sp³-hybridized carbons (Fsp3) is 0.133. The Kier molecular flexibility index (Phi) is 4.16. The van der Waals surface area contributed by atoms with E-state index >= 15 is 0 Å². The topological polar surface area (TPSA) is 50.4 Å². The van der Waals surface area contributed by atoms with Crippen LogP contribution in [0.3, 0.4) is 0 Å². The third-order valence-corrected chi connectivity index (χ3v) is 2.90. The number of halogens is 3. The minimum Gasteiger partial charge on any atom is -0.399 e. The zero-order chi connectivity index (χ0) is 15.5. The quantitative estimate of drug-likeness (QED) is 0.508. The van der Waals surface area contributed by atoms with E-state index in [9.17, 15) is 13.2 Å². The first-order valence-electron chi connectivity index (χ1n) is 6.20. The van der Waals surface area contributed by atoms with Crippen molar-refractivity contribution in [1.29, 1.82) is 0 Å². The van der Waals surface area contributed by atoms with Crippen molar-refractivity contribution < 1.29 is 13.2 Å². The number of hydrogen-bond acceptors (Lipinski definition) is 3. The van der Waals surface area contributed by atoms with E-state index in [4.69, 9.17) is 5.73 Å². The molecule has 3 N–H and O–H groups in total. The first kappa shape index (κ1) is 14.9. The fourth-order valence-electron chi connectivity index (χ4n) is 1.76. The van der Waals surface area contributed by atoms with E-state index in [1.165, 1.54) is 18.2 Å². The molecule has 0 bridgehead atoms. The van der Waals surface area contributed by atoms with Gasteiger partial charge in [0.15, 0.2) is 0 Å². The van der Waals surface area contributed by atoms with Crippen LogP contribution in [0.5, 0.6) is 0 Å². The minimum atomic E-state index is -4.42. The molecular formula is C15H14F3N3.